The zero-order valence-corrected chi connectivity index (χ0v) is 13.9. The summed E-state index contributed by atoms with van der Waals surface area (Å²) in [6.07, 6.45) is 0.654. The fourth-order valence-corrected chi connectivity index (χ4v) is 2.58. The second kappa shape index (κ2) is 7.40. The third-order valence-corrected chi connectivity index (χ3v) is 3.93. The minimum Gasteiger partial charge on any atom is -0.492 e. The number of hydrogen-bond acceptors (Lipinski definition) is 5. The predicted molar refractivity (Wildman–Crippen MR) is 97.3 cm³/mol. The molecular weight excluding hydrogens is 330 g/mol. The number of nitrogen functional groups attached to an aromatic ring is 1. The number of anilines is 1. The van der Waals surface area contributed by atoms with E-state index >= 15 is 0 Å². The SMILES string of the molecule is N#Cc1c(-c2ccc(CCOc3ccccc3C(N)=O)cc2)n[nH]c1N. The number of aromatic amines is 1. The van der Waals surface area contributed by atoms with Crippen LogP contribution in [0.1, 0.15) is 21.5 Å². The van der Waals surface area contributed by atoms with Gasteiger partial charge < -0.3 is 16.2 Å². The first-order valence-electron chi connectivity index (χ1n) is 7.95. The number of benzene rings is 2. The largest absolute Gasteiger partial charge is 0.492 e. The smallest absolute Gasteiger partial charge is 0.252 e. The van der Waals surface area contributed by atoms with Gasteiger partial charge in [0.1, 0.15) is 28.9 Å². The van der Waals surface area contributed by atoms with Gasteiger partial charge in [0.2, 0.25) is 0 Å². The van der Waals surface area contributed by atoms with Crippen LogP contribution in [0.4, 0.5) is 5.82 Å². The van der Waals surface area contributed by atoms with Crippen LogP contribution in [0, 0.1) is 11.3 Å². The average Bonchev–Trinajstić information content (AvgIpc) is 3.03. The monoisotopic (exact) mass is 347 g/mol. The van der Waals surface area contributed by atoms with Crippen LogP contribution in [0.25, 0.3) is 11.3 Å². The number of nitrogens with zero attached hydrogens (tertiary/aromatic N) is 2. The summed E-state index contributed by atoms with van der Waals surface area (Å²) < 4.78 is 5.68. The maximum Gasteiger partial charge on any atom is 0.252 e. The Morgan fingerprint density at radius 2 is 1.92 bits per heavy atom. The van der Waals surface area contributed by atoms with Crippen molar-refractivity contribution in [2.24, 2.45) is 5.73 Å². The van der Waals surface area contributed by atoms with Gasteiger partial charge >= 0.3 is 0 Å². The number of ether oxygens (including phenoxy) is 1. The molecule has 3 aromatic rings. The summed E-state index contributed by atoms with van der Waals surface area (Å²) in [4.78, 5) is 11.4. The first kappa shape index (κ1) is 17.0. The first-order chi connectivity index (χ1) is 12.6. The highest BCUT2D eigenvalue weighted by Crippen LogP contribution is 2.25. The van der Waals surface area contributed by atoms with E-state index in [0.717, 1.165) is 11.1 Å². The zero-order chi connectivity index (χ0) is 18.5. The van der Waals surface area contributed by atoms with Gasteiger partial charge in [-0.1, -0.05) is 36.4 Å². The van der Waals surface area contributed by atoms with E-state index in [9.17, 15) is 4.79 Å². The van der Waals surface area contributed by atoms with Crippen LogP contribution in [0.2, 0.25) is 0 Å². The van der Waals surface area contributed by atoms with Crippen molar-refractivity contribution in [1.29, 1.82) is 5.26 Å². The number of para-hydroxylation sites is 1. The molecule has 1 heterocycles. The molecule has 26 heavy (non-hydrogen) atoms. The highest BCUT2D eigenvalue weighted by Gasteiger charge is 2.12. The van der Waals surface area contributed by atoms with E-state index in [2.05, 4.69) is 10.2 Å². The lowest BCUT2D eigenvalue weighted by atomic mass is 10.0. The van der Waals surface area contributed by atoms with Crippen LogP contribution < -0.4 is 16.2 Å². The molecule has 0 fully saturated rings. The lowest BCUT2D eigenvalue weighted by Crippen LogP contribution is -2.13. The fourth-order valence-electron chi connectivity index (χ4n) is 2.58. The molecule has 0 aliphatic rings. The molecule has 7 nitrogen and oxygen atoms in total. The van der Waals surface area contributed by atoms with E-state index in [1.165, 1.54) is 0 Å². The second-order valence-electron chi connectivity index (χ2n) is 5.63. The molecule has 0 saturated carbocycles. The van der Waals surface area contributed by atoms with Crippen molar-refractivity contribution >= 4 is 11.7 Å². The minimum atomic E-state index is -0.517. The molecule has 130 valence electrons. The standard InChI is InChI=1S/C19H17N5O2/c20-11-15-17(23-24-18(15)21)13-7-5-12(6-8-13)9-10-26-16-4-2-1-3-14(16)19(22)25/h1-8H,9-10H2,(H2,22,25)(H3,21,23,24). The highest BCUT2D eigenvalue weighted by atomic mass is 16.5. The van der Waals surface area contributed by atoms with Gasteiger partial charge in [0.25, 0.3) is 5.91 Å². The summed E-state index contributed by atoms with van der Waals surface area (Å²) >= 11 is 0. The molecule has 5 N–H and O–H groups in total. The quantitative estimate of drug-likeness (QED) is 0.629. The minimum absolute atomic E-state index is 0.257. The van der Waals surface area contributed by atoms with Crippen LogP contribution in [-0.2, 0) is 6.42 Å². The summed E-state index contributed by atoms with van der Waals surface area (Å²) in [5, 5.41) is 15.8. The Balaban J connectivity index is 1.66. The van der Waals surface area contributed by atoms with E-state index < -0.39 is 5.91 Å². The Labute approximate surface area is 150 Å². The number of aromatic nitrogens is 2. The molecule has 0 saturated heterocycles. The van der Waals surface area contributed by atoms with E-state index in [0.29, 0.717) is 35.6 Å². The van der Waals surface area contributed by atoms with Gasteiger partial charge in [0.05, 0.1) is 12.2 Å². The molecule has 0 aliphatic carbocycles. The maximum absolute atomic E-state index is 11.4. The highest BCUT2D eigenvalue weighted by molar-refractivity contribution is 5.95. The Kier molecular flexibility index (Phi) is 4.85. The summed E-state index contributed by atoms with van der Waals surface area (Å²) in [6.45, 7) is 0.405. The van der Waals surface area contributed by atoms with E-state index in [1.54, 1.807) is 24.3 Å². The normalized spacial score (nSPS) is 10.3. The molecule has 3 rings (SSSR count). The van der Waals surface area contributed by atoms with Crippen molar-refractivity contribution in [2.75, 3.05) is 12.3 Å². The fraction of sp³-hybridized carbons (Fsp3) is 0.105. The summed E-state index contributed by atoms with van der Waals surface area (Å²) in [6, 6.07) is 16.6. The second-order valence-corrected chi connectivity index (χ2v) is 5.63. The molecule has 7 heteroatoms. The number of amides is 1. The number of nitriles is 1. The Morgan fingerprint density at radius 3 is 2.62 bits per heavy atom. The molecule has 0 unspecified atom stereocenters. The molecule has 0 bridgehead atoms. The Morgan fingerprint density at radius 1 is 1.19 bits per heavy atom. The van der Waals surface area contributed by atoms with Crippen molar-refractivity contribution in [2.45, 2.75) is 6.42 Å². The van der Waals surface area contributed by atoms with Gasteiger partial charge in [-0.15, -0.1) is 0 Å². The molecule has 2 aromatic carbocycles. The number of hydrogen-bond donors (Lipinski definition) is 3. The first-order valence-corrected chi connectivity index (χ1v) is 7.95. The number of carbonyl (C=O) groups excluding carboxylic acids is 1. The summed E-state index contributed by atoms with van der Waals surface area (Å²) in [5.41, 5.74) is 14.1. The van der Waals surface area contributed by atoms with Gasteiger partial charge in [0.15, 0.2) is 0 Å². The van der Waals surface area contributed by atoms with Crippen LogP contribution in [0.15, 0.2) is 48.5 Å². The lowest BCUT2D eigenvalue weighted by molar-refractivity contribution is 0.0996. The van der Waals surface area contributed by atoms with Crippen molar-refractivity contribution < 1.29 is 9.53 Å². The van der Waals surface area contributed by atoms with Crippen molar-refractivity contribution in [3.63, 3.8) is 0 Å². The Bertz CT molecular complexity index is 970. The van der Waals surface area contributed by atoms with Gasteiger partial charge in [-0.25, -0.2) is 0 Å². The average molecular weight is 347 g/mol. The van der Waals surface area contributed by atoms with E-state index in [-0.39, 0.29) is 5.82 Å². The number of nitrogens with one attached hydrogen (secondary N) is 1. The third-order valence-electron chi connectivity index (χ3n) is 3.93. The molecule has 0 aliphatic heterocycles. The van der Waals surface area contributed by atoms with Gasteiger partial charge in [-0.05, 0) is 17.7 Å². The maximum atomic E-state index is 11.4. The van der Waals surface area contributed by atoms with Crippen molar-refractivity contribution in [3.8, 4) is 23.1 Å². The van der Waals surface area contributed by atoms with Crippen LogP contribution in [0.5, 0.6) is 5.75 Å². The lowest BCUT2D eigenvalue weighted by Gasteiger charge is -2.09. The molecule has 0 radical (unpaired) electrons. The number of carbonyl (C=O) groups is 1. The van der Waals surface area contributed by atoms with Crippen molar-refractivity contribution in [3.05, 3.63) is 65.2 Å². The number of H-pyrrole nitrogens is 1. The van der Waals surface area contributed by atoms with Gasteiger partial charge in [-0.3, -0.25) is 9.89 Å². The van der Waals surface area contributed by atoms with E-state index in [1.807, 2.05) is 30.3 Å². The van der Waals surface area contributed by atoms with Crippen LogP contribution >= 0.6 is 0 Å². The van der Waals surface area contributed by atoms with Crippen molar-refractivity contribution in [1.82, 2.24) is 10.2 Å². The third kappa shape index (κ3) is 3.49. The summed E-state index contributed by atoms with van der Waals surface area (Å²) in [5.74, 6) is 0.215. The number of primary amides is 1. The van der Waals surface area contributed by atoms with Gasteiger partial charge in [-0.2, -0.15) is 10.4 Å². The summed E-state index contributed by atoms with van der Waals surface area (Å²) in [7, 11) is 0. The van der Waals surface area contributed by atoms with Gasteiger partial charge in [0, 0.05) is 12.0 Å². The number of nitrogens with two attached hydrogens (primary N) is 2. The zero-order valence-electron chi connectivity index (χ0n) is 13.9. The topological polar surface area (TPSA) is 131 Å². The molecular formula is C19H17N5O2. The van der Waals surface area contributed by atoms with E-state index in [4.69, 9.17) is 21.5 Å². The number of rotatable bonds is 6. The Hall–Kier alpha value is -3.79. The van der Waals surface area contributed by atoms with Crippen LogP contribution in [0.3, 0.4) is 0 Å². The predicted octanol–water partition coefficient (Wildman–Crippen LogP) is 2.25. The molecule has 1 amide bonds. The molecule has 1 aromatic heterocycles. The van der Waals surface area contributed by atoms with Crippen LogP contribution in [-0.4, -0.2) is 22.7 Å². The molecule has 0 spiro atoms. The molecule has 0 atom stereocenters.